The summed E-state index contributed by atoms with van der Waals surface area (Å²) in [4.78, 5) is 50.0. The molecule has 0 spiro atoms. The predicted molar refractivity (Wildman–Crippen MR) is 141 cm³/mol. The number of imide groups is 1. The molecular weight excluding hydrogens is 470 g/mol. The maximum Gasteiger partial charge on any atom is 0.316 e. The van der Waals surface area contributed by atoms with Gasteiger partial charge in [-0.2, -0.15) is 0 Å². The van der Waals surface area contributed by atoms with Crippen molar-refractivity contribution in [2.24, 2.45) is 5.92 Å². The molecule has 2 aliphatic rings. The van der Waals surface area contributed by atoms with E-state index in [0.717, 1.165) is 46.8 Å². The van der Waals surface area contributed by atoms with Gasteiger partial charge in [0.05, 0.1) is 12.8 Å². The predicted octanol–water partition coefficient (Wildman–Crippen LogP) is 1.53. The Kier molecular flexibility index (Phi) is 8.02. The first-order valence-corrected chi connectivity index (χ1v) is 12.8. The number of anilines is 1. The molecule has 3 heterocycles. The number of hydrogen-bond acceptors (Lipinski definition) is 7. The first-order chi connectivity index (χ1) is 17.7. The number of hydrogen-bond donors (Lipinski definition) is 1. The van der Waals surface area contributed by atoms with Crippen LogP contribution in [0.25, 0.3) is 11.1 Å². The van der Waals surface area contributed by atoms with Gasteiger partial charge in [0.1, 0.15) is 6.04 Å². The van der Waals surface area contributed by atoms with Crippen LogP contribution in [0.15, 0.2) is 30.6 Å². The number of ether oxygens (including phenoxy) is 1. The highest BCUT2D eigenvalue weighted by atomic mass is 16.5. The van der Waals surface area contributed by atoms with Crippen LogP contribution in [0.2, 0.25) is 0 Å². The number of piperidine rings is 1. The number of rotatable bonds is 9. The van der Waals surface area contributed by atoms with E-state index in [1.807, 2.05) is 19.1 Å². The summed E-state index contributed by atoms with van der Waals surface area (Å²) < 4.78 is 5.03. The van der Waals surface area contributed by atoms with Gasteiger partial charge in [0, 0.05) is 41.7 Å². The van der Waals surface area contributed by atoms with Crippen molar-refractivity contribution in [2.75, 3.05) is 25.6 Å². The molecule has 1 aromatic carbocycles. The lowest BCUT2D eigenvalue weighted by atomic mass is 9.94. The van der Waals surface area contributed by atoms with Gasteiger partial charge in [0.25, 0.3) is 5.91 Å². The number of carbonyl (C=O) groups excluding carboxylic acids is 3. The molecule has 37 heavy (non-hydrogen) atoms. The summed E-state index contributed by atoms with van der Waals surface area (Å²) in [5.74, 6) is -0.554. The lowest BCUT2D eigenvalue weighted by Crippen LogP contribution is -2.54. The smallest absolute Gasteiger partial charge is 0.316 e. The Morgan fingerprint density at radius 1 is 1.24 bits per heavy atom. The van der Waals surface area contributed by atoms with E-state index < -0.39 is 11.9 Å². The number of benzene rings is 1. The zero-order valence-corrected chi connectivity index (χ0v) is 22.2. The molecule has 9 nitrogen and oxygen atoms in total. The molecule has 1 saturated heterocycles. The van der Waals surface area contributed by atoms with Gasteiger partial charge in [-0.05, 0) is 57.0 Å². The zero-order valence-electron chi connectivity index (χ0n) is 22.2. The largest absolute Gasteiger partial charge is 0.467 e. The van der Waals surface area contributed by atoms with E-state index >= 15 is 0 Å². The van der Waals surface area contributed by atoms with Crippen LogP contribution in [0.5, 0.6) is 6.01 Å². The third-order valence-electron chi connectivity index (χ3n) is 7.38. The third kappa shape index (κ3) is 5.41. The Labute approximate surface area is 217 Å². The number of nitrogens with zero attached hydrogens (tertiary/aromatic N) is 4. The van der Waals surface area contributed by atoms with Crippen molar-refractivity contribution in [3.8, 4) is 6.01 Å². The lowest BCUT2D eigenvalue weighted by Gasteiger charge is -2.30. The van der Waals surface area contributed by atoms with Gasteiger partial charge in [-0.15, -0.1) is 0 Å². The summed E-state index contributed by atoms with van der Waals surface area (Å²) in [6.07, 6.45) is 5.64. The van der Waals surface area contributed by atoms with Crippen molar-refractivity contribution in [2.45, 2.75) is 59.0 Å². The summed E-state index contributed by atoms with van der Waals surface area (Å²) in [6.45, 7) is 7.92. The van der Waals surface area contributed by atoms with Crippen LogP contribution in [0, 0.1) is 5.92 Å². The molecule has 0 radical (unpaired) electrons. The summed E-state index contributed by atoms with van der Waals surface area (Å²) in [7, 11) is 3.62. The minimum absolute atomic E-state index is 0.138. The fourth-order valence-corrected chi connectivity index (χ4v) is 5.13. The van der Waals surface area contributed by atoms with E-state index in [-0.39, 0.29) is 24.2 Å². The van der Waals surface area contributed by atoms with E-state index in [1.165, 1.54) is 5.57 Å². The molecule has 2 aromatic rings. The summed E-state index contributed by atoms with van der Waals surface area (Å²) >= 11 is 0. The normalized spacial score (nSPS) is 19.2. The van der Waals surface area contributed by atoms with Crippen LogP contribution in [0.1, 0.15) is 52.0 Å². The quantitative estimate of drug-likeness (QED) is 0.516. The zero-order chi connectivity index (χ0) is 26.7. The minimum Gasteiger partial charge on any atom is -0.467 e. The number of methoxy groups -OCH3 is 1. The SMILES string of the molecule is CCC1=c2c(ccc/c2=C(/C)C(C)CCN(C)Cc2cnc(OC)nc2)N(C2CCC(=O)NC2=O)C1=O. The van der Waals surface area contributed by atoms with E-state index in [9.17, 15) is 14.4 Å². The van der Waals surface area contributed by atoms with Gasteiger partial charge in [-0.1, -0.05) is 31.6 Å². The standard InChI is InChI=1S/C28H35N5O4/c1-6-20-25-21(8-7-9-22(25)33(27(20)36)23-10-11-24(34)31-26(23)35)18(3)17(2)12-13-32(4)16-19-14-29-28(37-5)30-15-19/h7-9,14-15,17,23H,6,10-13,16H2,1-5H3,(H,31,34,35)/b21-18+. The van der Waals surface area contributed by atoms with Crippen LogP contribution in [-0.4, -0.2) is 59.3 Å². The molecule has 1 N–H and O–H groups in total. The fraction of sp³-hybridized carbons (Fsp3) is 0.464. The molecule has 3 amide bonds. The molecule has 2 aliphatic heterocycles. The second kappa shape index (κ2) is 11.2. The average molecular weight is 506 g/mol. The number of fused-ring (bicyclic) bond motifs is 1. The van der Waals surface area contributed by atoms with E-state index in [2.05, 4.69) is 47.1 Å². The van der Waals surface area contributed by atoms with Crippen LogP contribution in [0.3, 0.4) is 0 Å². The molecule has 0 saturated carbocycles. The molecule has 2 atom stereocenters. The fourth-order valence-electron chi connectivity index (χ4n) is 5.13. The summed E-state index contributed by atoms with van der Waals surface area (Å²) in [6, 6.07) is 5.62. The highest BCUT2D eigenvalue weighted by molar-refractivity contribution is 6.27. The lowest BCUT2D eigenvalue weighted by molar-refractivity contribution is -0.135. The van der Waals surface area contributed by atoms with Gasteiger partial charge in [-0.25, -0.2) is 9.97 Å². The molecule has 1 fully saturated rings. The maximum atomic E-state index is 13.5. The monoisotopic (exact) mass is 505 g/mol. The van der Waals surface area contributed by atoms with Gasteiger partial charge in [0.2, 0.25) is 11.8 Å². The van der Waals surface area contributed by atoms with Crippen molar-refractivity contribution in [3.05, 3.63) is 46.6 Å². The van der Waals surface area contributed by atoms with Crippen molar-refractivity contribution in [1.82, 2.24) is 20.2 Å². The van der Waals surface area contributed by atoms with Crippen LogP contribution >= 0.6 is 0 Å². The Morgan fingerprint density at radius 2 is 1.97 bits per heavy atom. The van der Waals surface area contributed by atoms with E-state index in [4.69, 9.17) is 4.74 Å². The Hall–Kier alpha value is -3.59. The number of nitrogens with one attached hydrogen (secondary N) is 1. The first kappa shape index (κ1) is 26.5. The molecule has 4 rings (SSSR count). The van der Waals surface area contributed by atoms with E-state index in [0.29, 0.717) is 18.9 Å². The van der Waals surface area contributed by atoms with Crippen molar-refractivity contribution >= 4 is 34.6 Å². The average Bonchev–Trinajstić information content (AvgIpc) is 3.18. The van der Waals surface area contributed by atoms with Crippen molar-refractivity contribution in [3.63, 3.8) is 0 Å². The van der Waals surface area contributed by atoms with E-state index in [1.54, 1.807) is 24.4 Å². The Balaban J connectivity index is 1.57. The van der Waals surface area contributed by atoms with Gasteiger partial charge < -0.3 is 9.64 Å². The number of carbonyl (C=O) groups is 3. The Bertz CT molecular complexity index is 1320. The molecule has 0 aliphatic carbocycles. The van der Waals surface area contributed by atoms with Crippen molar-refractivity contribution in [1.29, 1.82) is 0 Å². The summed E-state index contributed by atoms with van der Waals surface area (Å²) in [5, 5.41) is 4.37. The molecule has 9 heteroatoms. The number of amides is 3. The molecule has 1 aromatic heterocycles. The summed E-state index contributed by atoms with van der Waals surface area (Å²) in [5.41, 5.74) is 3.71. The van der Waals surface area contributed by atoms with Crippen LogP contribution in [-0.2, 0) is 20.9 Å². The van der Waals surface area contributed by atoms with Gasteiger partial charge >= 0.3 is 6.01 Å². The highest BCUT2D eigenvalue weighted by Gasteiger charge is 2.40. The Morgan fingerprint density at radius 3 is 2.62 bits per heavy atom. The first-order valence-electron chi connectivity index (χ1n) is 12.8. The minimum atomic E-state index is -0.670. The molecular formula is C28H35N5O4. The highest BCUT2D eigenvalue weighted by Crippen LogP contribution is 2.27. The maximum absolute atomic E-state index is 13.5. The number of aromatic nitrogens is 2. The van der Waals surface area contributed by atoms with Crippen LogP contribution in [0.4, 0.5) is 5.69 Å². The van der Waals surface area contributed by atoms with Gasteiger partial charge in [0.15, 0.2) is 0 Å². The second-order valence-corrected chi connectivity index (χ2v) is 9.86. The molecule has 2 unspecified atom stereocenters. The topological polar surface area (TPSA) is 105 Å². The van der Waals surface area contributed by atoms with Crippen LogP contribution < -0.4 is 25.4 Å². The molecule has 0 bridgehead atoms. The second-order valence-electron chi connectivity index (χ2n) is 9.86. The third-order valence-corrected chi connectivity index (χ3v) is 7.38. The van der Waals surface area contributed by atoms with Gasteiger partial charge in [-0.3, -0.25) is 24.6 Å². The molecule has 196 valence electrons. The van der Waals surface area contributed by atoms with Crippen molar-refractivity contribution < 1.29 is 19.1 Å².